The van der Waals surface area contributed by atoms with E-state index in [9.17, 15) is 4.79 Å². The number of benzene rings is 2. The van der Waals surface area contributed by atoms with Gasteiger partial charge in [0.25, 0.3) is 0 Å². The van der Waals surface area contributed by atoms with Gasteiger partial charge in [0.2, 0.25) is 11.1 Å². The lowest BCUT2D eigenvalue weighted by Gasteiger charge is -2.33. The van der Waals surface area contributed by atoms with E-state index in [0.29, 0.717) is 34.9 Å². The molecule has 3 aromatic rings. The molecule has 32 heavy (non-hydrogen) atoms. The van der Waals surface area contributed by atoms with E-state index in [0.717, 1.165) is 17.5 Å². The predicted molar refractivity (Wildman–Crippen MR) is 125 cm³/mol. The maximum absolute atomic E-state index is 13.1. The first kappa shape index (κ1) is 22.4. The molecule has 8 nitrogen and oxygen atoms in total. The van der Waals surface area contributed by atoms with Crippen LogP contribution < -0.4 is 15.5 Å². The van der Waals surface area contributed by atoms with Gasteiger partial charge >= 0.3 is 0 Å². The number of carbonyl (C=O) groups excluding carboxylic acids is 1. The highest BCUT2D eigenvalue weighted by molar-refractivity contribution is 8.00. The van der Waals surface area contributed by atoms with E-state index in [1.807, 2.05) is 47.1 Å². The van der Waals surface area contributed by atoms with Crippen LogP contribution in [-0.4, -0.2) is 53.4 Å². The number of rotatable bonds is 8. The van der Waals surface area contributed by atoms with Crippen molar-refractivity contribution in [2.75, 3.05) is 32.8 Å². The predicted octanol–water partition coefficient (Wildman–Crippen LogP) is 3.52. The molecule has 4 rings (SSSR count). The molecule has 1 aliphatic heterocycles. The van der Waals surface area contributed by atoms with E-state index >= 15 is 0 Å². The Labute approximate surface area is 195 Å². The largest absolute Gasteiger partial charge is 0.495 e. The van der Waals surface area contributed by atoms with Gasteiger partial charge in [0, 0.05) is 25.8 Å². The van der Waals surface area contributed by atoms with E-state index < -0.39 is 5.25 Å². The molecule has 0 spiro atoms. The third-order valence-corrected chi connectivity index (χ3v) is 6.60. The monoisotopic (exact) mass is 473 g/mol. The summed E-state index contributed by atoms with van der Waals surface area (Å²) in [5.41, 5.74) is 5.23. The van der Waals surface area contributed by atoms with Crippen molar-refractivity contribution >= 4 is 29.3 Å². The van der Waals surface area contributed by atoms with E-state index in [1.54, 1.807) is 20.3 Å². The quantitative estimate of drug-likeness (QED) is 0.484. The maximum Gasteiger partial charge on any atom is 0.236 e. The number of halogens is 1. The van der Waals surface area contributed by atoms with E-state index in [1.165, 1.54) is 11.8 Å². The molecule has 10 heteroatoms. The van der Waals surface area contributed by atoms with Gasteiger partial charge in [-0.25, -0.2) is 4.68 Å². The third-order valence-electron chi connectivity index (χ3n) is 5.09. The van der Waals surface area contributed by atoms with E-state index in [2.05, 4.69) is 20.9 Å². The second-order valence-corrected chi connectivity index (χ2v) is 8.70. The van der Waals surface area contributed by atoms with Crippen molar-refractivity contribution in [3.8, 4) is 17.1 Å². The normalized spacial score (nSPS) is 17.3. The molecule has 0 radical (unpaired) electrons. The minimum absolute atomic E-state index is 0.0916. The first-order chi connectivity index (χ1) is 15.6. The van der Waals surface area contributed by atoms with Crippen molar-refractivity contribution in [1.29, 1.82) is 0 Å². The van der Waals surface area contributed by atoms with Crippen LogP contribution in [0.15, 0.2) is 53.7 Å². The lowest BCUT2D eigenvalue weighted by Crippen LogP contribution is -2.44. The first-order valence-corrected chi connectivity index (χ1v) is 11.4. The summed E-state index contributed by atoms with van der Waals surface area (Å²) in [7, 11) is 3.21. The van der Waals surface area contributed by atoms with Crippen LogP contribution in [0.4, 0.5) is 0 Å². The fourth-order valence-corrected chi connectivity index (χ4v) is 4.85. The second-order valence-electron chi connectivity index (χ2n) is 7.18. The highest BCUT2D eigenvalue weighted by atomic mass is 35.5. The molecule has 0 fully saturated rings. The number of ether oxygens (including phenoxy) is 2. The number of hydrogen-bond acceptors (Lipinski definition) is 7. The second kappa shape index (κ2) is 10.2. The Bertz CT molecular complexity index is 1080. The Balaban J connectivity index is 1.67. The molecule has 168 valence electrons. The smallest absolute Gasteiger partial charge is 0.236 e. The van der Waals surface area contributed by atoms with Gasteiger partial charge in [-0.3, -0.25) is 4.79 Å². The van der Waals surface area contributed by atoms with Crippen molar-refractivity contribution in [3.05, 3.63) is 59.1 Å². The van der Waals surface area contributed by atoms with Gasteiger partial charge in [0.1, 0.15) is 11.0 Å². The summed E-state index contributed by atoms with van der Waals surface area (Å²) in [6.07, 6.45) is 0.737. The first-order valence-electron chi connectivity index (χ1n) is 10.2. The molecule has 1 amide bonds. The molecule has 2 atom stereocenters. The standard InChI is InChI=1S/C22H24ClN5O3S/c1-30-12-6-11-24-21(29)19-18(15-9-10-17(31-2)16(23)13-15)27-28-20(25-26-22(28)32-19)14-7-4-3-5-8-14/h3-5,7-10,13,18-19,27H,6,11-12H2,1-2H3,(H,24,29)/t18-,19+/m0/s1. The molecule has 0 bridgehead atoms. The number of amides is 1. The molecular weight excluding hydrogens is 450 g/mol. The molecule has 2 aromatic carbocycles. The van der Waals surface area contributed by atoms with Crippen LogP contribution in [-0.2, 0) is 9.53 Å². The maximum atomic E-state index is 13.1. The van der Waals surface area contributed by atoms with E-state index in [-0.39, 0.29) is 11.9 Å². The SMILES string of the molecule is COCCCNC(=O)[C@@H]1Sc2nnc(-c3ccccc3)n2N[C@H]1c1ccc(OC)c(Cl)c1. The van der Waals surface area contributed by atoms with Gasteiger partial charge in [-0.1, -0.05) is 59.8 Å². The highest BCUT2D eigenvalue weighted by Gasteiger charge is 2.38. The zero-order chi connectivity index (χ0) is 22.5. The number of carbonyl (C=O) groups is 1. The molecule has 1 aliphatic rings. The van der Waals surface area contributed by atoms with Gasteiger partial charge in [0.15, 0.2) is 5.82 Å². The average molecular weight is 474 g/mol. The molecule has 0 aliphatic carbocycles. The number of nitrogens with one attached hydrogen (secondary N) is 2. The molecular formula is C22H24ClN5O3S. The fraction of sp³-hybridized carbons (Fsp3) is 0.318. The lowest BCUT2D eigenvalue weighted by atomic mass is 10.0. The molecule has 2 N–H and O–H groups in total. The average Bonchev–Trinajstić information content (AvgIpc) is 3.24. The number of methoxy groups -OCH3 is 2. The minimum atomic E-state index is -0.470. The van der Waals surface area contributed by atoms with Crippen molar-refractivity contribution < 1.29 is 14.3 Å². The summed E-state index contributed by atoms with van der Waals surface area (Å²) in [5.74, 6) is 1.16. The molecule has 0 saturated carbocycles. The van der Waals surface area contributed by atoms with Crippen molar-refractivity contribution in [2.45, 2.75) is 22.9 Å². The molecule has 0 saturated heterocycles. The number of fused-ring (bicyclic) bond motifs is 1. The lowest BCUT2D eigenvalue weighted by molar-refractivity contribution is -0.121. The summed E-state index contributed by atoms with van der Waals surface area (Å²) in [6, 6.07) is 15.0. The van der Waals surface area contributed by atoms with Crippen LogP contribution in [0.3, 0.4) is 0 Å². The Morgan fingerprint density at radius 1 is 1.22 bits per heavy atom. The summed E-state index contributed by atoms with van der Waals surface area (Å²) >= 11 is 7.77. The summed E-state index contributed by atoms with van der Waals surface area (Å²) in [4.78, 5) is 13.1. The van der Waals surface area contributed by atoms with Crippen LogP contribution in [0, 0.1) is 0 Å². The van der Waals surface area contributed by atoms with Crippen LogP contribution in [0.2, 0.25) is 5.02 Å². The number of thioether (sulfide) groups is 1. The number of hydrogen-bond donors (Lipinski definition) is 2. The molecule has 0 unspecified atom stereocenters. The van der Waals surface area contributed by atoms with Crippen molar-refractivity contribution in [1.82, 2.24) is 20.2 Å². The Kier molecular flexibility index (Phi) is 7.19. The summed E-state index contributed by atoms with van der Waals surface area (Å²) < 4.78 is 12.2. The van der Waals surface area contributed by atoms with E-state index in [4.69, 9.17) is 21.1 Å². The van der Waals surface area contributed by atoms with Crippen LogP contribution in [0.1, 0.15) is 18.0 Å². The van der Waals surface area contributed by atoms with Gasteiger partial charge in [-0.15, -0.1) is 10.2 Å². The highest BCUT2D eigenvalue weighted by Crippen LogP contribution is 2.40. The molecule has 2 heterocycles. The summed E-state index contributed by atoms with van der Waals surface area (Å²) in [6.45, 7) is 1.12. The zero-order valence-electron chi connectivity index (χ0n) is 17.7. The zero-order valence-corrected chi connectivity index (χ0v) is 19.3. The minimum Gasteiger partial charge on any atom is -0.495 e. The van der Waals surface area contributed by atoms with Crippen LogP contribution in [0.5, 0.6) is 5.75 Å². The van der Waals surface area contributed by atoms with Crippen LogP contribution in [0.25, 0.3) is 11.4 Å². The number of nitrogens with zero attached hydrogens (tertiary/aromatic N) is 3. The van der Waals surface area contributed by atoms with Gasteiger partial charge < -0.3 is 20.2 Å². The Morgan fingerprint density at radius 3 is 2.75 bits per heavy atom. The summed E-state index contributed by atoms with van der Waals surface area (Å²) in [5, 5.41) is 12.3. The van der Waals surface area contributed by atoms with Crippen molar-refractivity contribution in [3.63, 3.8) is 0 Å². The van der Waals surface area contributed by atoms with Gasteiger partial charge in [-0.05, 0) is 24.1 Å². The van der Waals surface area contributed by atoms with Crippen molar-refractivity contribution in [2.24, 2.45) is 0 Å². The third kappa shape index (κ3) is 4.69. The Hall–Kier alpha value is -2.75. The topological polar surface area (TPSA) is 90.3 Å². The fourth-order valence-electron chi connectivity index (χ4n) is 3.48. The van der Waals surface area contributed by atoms with Gasteiger partial charge in [-0.2, -0.15) is 0 Å². The Morgan fingerprint density at radius 2 is 2.03 bits per heavy atom. The number of aromatic nitrogens is 3. The van der Waals surface area contributed by atoms with Gasteiger partial charge in [0.05, 0.1) is 18.2 Å². The molecule has 1 aromatic heterocycles. The van der Waals surface area contributed by atoms with Crippen LogP contribution >= 0.6 is 23.4 Å².